The molecule has 0 saturated carbocycles. The van der Waals surface area contributed by atoms with E-state index in [1.165, 1.54) is 34.3 Å². The standard InChI is InChI=1S/C20H27N7O8/c1-21-14(28)8-25(9-15(29)22-2)19(32)12-6-5-7-13(18(12)27(34)35)20(33)26(10-16(30)23-3)11-17(31)24-4/h5-7H,8-11H2,1-4H3,(H,21,28)(H,22,29)(H,23,30)(H,24,31). The van der Waals surface area contributed by atoms with Crippen molar-refractivity contribution < 1.29 is 33.7 Å². The second kappa shape index (κ2) is 13.2. The van der Waals surface area contributed by atoms with Gasteiger partial charge in [0.25, 0.3) is 17.5 Å². The Hall–Kier alpha value is -4.56. The monoisotopic (exact) mass is 493 g/mol. The number of nitro groups is 1. The molecule has 0 aromatic heterocycles. The van der Waals surface area contributed by atoms with E-state index in [-0.39, 0.29) is 0 Å². The van der Waals surface area contributed by atoms with Gasteiger partial charge in [0.1, 0.15) is 37.3 Å². The van der Waals surface area contributed by atoms with Gasteiger partial charge in [0, 0.05) is 28.2 Å². The first-order chi connectivity index (χ1) is 16.5. The molecule has 0 aliphatic heterocycles. The largest absolute Gasteiger partial charge is 0.358 e. The molecule has 1 aromatic carbocycles. The van der Waals surface area contributed by atoms with Gasteiger partial charge in [-0.15, -0.1) is 0 Å². The molecule has 15 heteroatoms. The Morgan fingerprint density at radius 1 is 0.686 bits per heavy atom. The van der Waals surface area contributed by atoms with Crippen molar-refractivity contribution in [2.75, 3.05) is 54.4 Å². The van der Waals surface area contributed by atoms with Crippen molar-refractivity contribution in [2.45, 2.75) is 0 Å². The highest BCUT2D eigenvalue weighted by molar-refractivity contribution is 6.08. The predicted octanol–water partition coefficient (Wildman–Crippen LogP) is -2.54. The number of nitrogens with zero attached hydrogens (tertiary/aromatic N) is 3. The number of carbonyl (C=O) groups excluding carboxylic acids is 6. The molecule has 0 saturated heterocycles. The first-order valence-corrected chi connectivity index (χ1v) is 10.2. The molecule has 6 amide bonds. The Kier molecular flexibility index (Phi) is 10.8. The highest BCUT2D eigenvalue weighted by Crippen LogP contribution is 2.26. The quantitative estimate of drug-likeness (QED) is 0.191. The number of nitro benzene ring substituents is 1. The molecule has 1 rings (SSSR count). The molecular formula is C20H27N7O8. The normalized spacial score (nSPS) is 9.94. The molecule has 0 aliphatic rings. The van der Waals surface area contributed by atoms with Crippen LogP contribution in [0, 0.1) is 10.1 Å². The van der Waals surface area contributed by atoms with Gasteiger partial charge in [-0.1, -0.05) is 6.07 Å². The number of carbonyl (C=O) groups is 6. The zero-order valence-electron chi connectivity index (χ0n) is 19.7. The van der Waals surface area contributed by atoms with Crippen LogP contribution in [0.1, 0.15) is 20.7 Å². The van der Waals surface area contributed by atoms with E-state index in [0.717, 1.165) is 21.9 Å². The topological polar surface area (TPSA) is 200 Å². The fraction of sp³-hybridized carbons (Fsp3) is 0.400. The van der Waals surface area contributed by atoms with Gasteiger partial charge in [0.05, 0.1) is 4.92 Å². The number of nitrogens with one attached hydrogen (secondary N) is 4. The van der Waals surface area contributed by atoms with Gasteiger partial charge in [0.2, 0.25) is 23.6 Å². The molecule has 35 heavy (non-hydrogen) atoms. The van der Waals surface area contributed by atoms with E-state index in [9.17, 15) is 38.9 Å². The molecule has 4 N–H and O–H groups in total. The van der Waals surface area contributed by atoms with E-state index in [0.29, 0.717) is 0 Å². The Labute approximate surface area is 200 Å². The summed E-state index contributed by atoms with van der Waals surface area (Å²) in [5.41, 5.74) is -2.03. The third-order valence-electron chi connectivity index (χ3n) is 4.71. The number of rotatable bonds is 11. The maximum atomic E-state index is 13.2. The zero-order valence-corrected chi connectivity index (χ0v) is 19.7. The summed E-state index contributed by atoms with van der Waals surface area (Å²) in [7, 11) is 5.22. The maximum Gasteiger partial charge on any atom is 0.294 e. The van der Waals surface area contributed by atoms with Gasteiger partial charge in [0.15, 0.2) is 0 Å². The van der Waals surface area contributed by atoms with Crippen LogP contribution in [0.15, 0.2) is 18.2 Å². The van der Waals surface area contributed by atoms with Gasteiger partial charge < -0.3 is 31.1 Å². The molecule has 15 nitrogen and oxygen atoms in total. The van der Waals surface area contributed by atoms with E-state index < -0.39 is 83.4 Å². The maximum absolute atomic E-state index is 13.2. The van der Waals surface area contributed by atoms with Gasteiger partial charge in [-0.05, 0) is 12.1 Å². The molecule has 0 unspecified atom stereocenters. The lowest BCUT2D eigenvalue weighted by molar-refractivity contribution is -0.385. The van der Waals surface area contributed by atoms with E-state index in [1.54, 1.807) is 0 Å². The van der Waals surface area contributed by atoms with Gasteiger partial charge in [-0.25, -0.2) is 0 Å². The summed E-state index contributed by atoms with van der Waals surface area (Å²) in [6, 6.07) is 3.34. The lowest BCUT2D eigenvalue weighted by Gasteiger charge is -2.23. The summed E-state index contributed by atoms with van der Waals surface area (Å²) in [6.07, 6.45) is 0. The first kappa shape index (κ1) is 28.5. The minimum atomic E-state index is -1.05. The van der Waals surface area contributed by atoms with Crippen LogP contribution < -0.4 is 21.3 Å². The fourth-order valence-electron chi connectivity index (χ4n) is 2.83. The summed E-state index contributed by atoms with van der Waals surface area (Å²) in [6.45, 7) is -2.34. The van der Waals surface area contributed by atoms with Crippen LogP contribution in [0.4, 0.5) is 5.69 Å². The smallest absolute Gasteiger partial charge is 0.294 e. The average Bonchev–Trinajstić information content (AvgIpc) is 2.85. The first-order valence-electron chi connectivity index (χ1n) is 10.2. The van der Waals surface area contributed by atoms with Crippen LogP contribution in [-0.2, 0) is 19.2 Å². The minimum Gasteiger partial charge on any atom is -0.358 e. The highest BCUT2D eigenvalue weighted by Gasteiger charge is 2.34. The molecule has 0 bridgehead atoms. The Balaban J connectivity index is 3.57. The van der Waals surface area contributed by atoms with Gasteiger partial charge in [-0.3, -0.25) is 38.9 Å². The van der Waals surface area contributed by atoms with Crippen molar-refractivity contribution in [1.82, 2.24) is 31.1 Å². The molecule has 190 valence electrons. The Bertz CT molecular complexity index is 920. The number of benzene rings is 1. The van der Waals surface area contributed by atoms with Crippen molar-refractivity contribution in [3.8, 4) is 0 Å². The van der Waals surface area contributed by atoms with Crippen LogP contribution in [0.5, 0.6) is 0 Å². The SMILES string of the molecule is CNC(=O)CN(CC(=O)NC)C(=O)c1cccc(C(=O)N(CC(=O)NC)CC(=O)NC)c1[N+](=O)[O-]. The number of hydrogen-bond donors (Lipinski definition) is 4. The lowest BCUT2D eigenvalue weighted by Crippen LogP contribution is -2.45. The van der Waals surface area contributed by atoms with Crippen LogP contribution in [0.2, 0.25) is 0 Å². The van der Waals surface area contributed by atoms with Crippen molar-refractivity contribution in [2.24, 2.45) is 0 Å². The van der Waals surface area contributed by atoms with Gasteiger partial charge >= 0.3 is 0 Å². The molecule has 0 fully saturated rings. The highest BCUT2D eigenvalue weighted by atomic mass is 16.6. The number of hydrogen-bond acceptors (Lipinski definition) is 8. The summed E-state index contributed by atoms with van der Waals surface area (Å²) in [5.74, 6) is -4.66. The number of para-hydroxylation sites is 1. The third kappa shape index (κ3) is 7.76. The second-order valence-corrected chi connectivity index (χ2v) is 6.97. The average molecular weight is 493 g/mol. The molecular weight excluding hydrogens is 466 g/mol. The predicted molar refractivity (Wildman–Crippen MR) is 121 cm³/mol. The summed E-state index contributed by atoms with van der Waals surface area (Å²) in [4.78, 5) is 86.4. The van der Waals surface area contributed by atoms with Crippen LogP contribution in [0.3, 0.4) is 0 Å². The lowest BCUT2D eigenvalue weighted by atomic mass is 10.0. The van der Waals surface area contributed by atoms with Crippen LogP contribution >= 0.6 is 0 Å². The zero-order chi connectivity index (χ0) is 26.7. The fourth-order valence-corrected chi connectivity index (χ4v) is 2.83. The van der Waals surface area contributed by atoms with Crippen molar-refractivity contribution >= 4 is 41.1 Å². The number of amides is 6. The Morgan fingerprint density at radius 3 is 1.20 bits per heavy atom. The molecule has 0 atom stereocenters. The van der Waals surface area contributed by atoms with E-state index in [1.807, 2.05) is 0 Å². The minimum absolute atomic E-state index is 0.562. The van der Waals surface area contributed by atoms with E-state index in [4.69, 9.17) is 0 Å². The summed E-state index contributed by atoms with van der Waals surface area (Å²) in [5, 5.41) is 21.1. The van der Waals surface area contributed by atoms with Crippen LogP contribution in [-0.4, -0.2) is 105 Å². The number of likely N-dealkylation sites (N-methyl/N-ethyl adjacent to an activating group) is 4. The van der Waals surface area contributed by atoms with Gasteiger partial charge in [-0.2, -0.15) is 0 Å². The molecule has 0 radical (unpaired) electrons. The third-order valence-corrected chi connectivity index (χ3v) is 4.71. The second-order valence-electron chi connectivity index (χ2n) is 6.97. The van der Waals surface area contributed by atoms with Crippen molar-refractivity contribution in [1.29, 1.82) is 0 Å². The Morgan fingerprint density at radius 2 is 0.971 bits per heavy atom. The summed E-state index contributed by atoms with van der Waals surface area (Å²) >= 11 is 0. The molecule has 1 aromatic rings. The molecule has 0 aliphatic carbocycles. The van der Waals surface area contributed by atoms with E-state index >= 15 is 0 Å². The molecule has 0 spiro atoms. The van der Waals surface area contributed by atoms with E-state index in [2.05, 4.69) is 21.3 Å². The molecule has 0 heterocycles. The van der Waals surface area contributed by atoms with Crippen LogP contribution in [0.25, 0.3) is 0 Å². The summed E-state index contributed by atoms with van der Waals surface area (Å²) < 4.78 is 0. The van der Waals surface area contributed by atoms with Crippen molar-refractivity contribution in [3.05, 3.63) is 39.4 Å². The van der Waals surface area contributed by atoms with Crippen molar-refractivity contribution in [3.63, 3.8) is 0 Å².